The molecule has 1 N–H and O–H groups in total. The SMILES string of the molecule is CCc1cc([NH])ccc1C. The molecule has 0 aliphatic rings. The Morgan fingerprint density at radius 3 is 2.60 bits per heavy atom. The summed E-state index contributed by atoms with van der Waals surface area (Å²) in [5.74, 6) is 0. The second kappa shape index (κ2) is 2.74. The smallest absolute Gasteiger partial charge is 0.0542 e. The predicted octanol–water partition coefficient (Wildman–Crippen LogP) is 2.47. The van der Waals surface area contributed by atoms with Crippen LogP contribution >= 0.6 is 0 Å². The molecule has 0 atom stereocenters. The summed E-state index contributed by atoms with van der Waals surface area (Å²) in [5.41, 5.74) is 10.5. The van der Waals surface area contributed by atoms with Crippen LogP contribution in [0, 0.1) is 6.92 Å². The zero-order chi connectivity index (χ0) is 7.56. The molecule has 0 aliphatic carbocycles. The molecule has 53 valence electrons. The normalized spacial score (nSPS) is 9.80. The number of nitrogens with one attached hydrogen (secondary N) is 1. The Kier molecular flexibility index (Phi) is 1.95. The largest absolute Gasteiger partial charge is 0.301 e. The van der Waals surface area contributed by atoms with E-state index in [1.807, 2.05) is 18.2 Å². The third kappa shape index (κ3) is 1.29. The molecule has 0 bridgehead atoms. The average molecular weight is 134 g/mol. The molecule has 0 fully saturated rings. The van der Waals surface area contributed by atoms with Crippen LogP contribution in [0.3, 0.4) is 0 Å². The lowest BCUT2D eigenvalue weighted by Gasteiger charge is -2.01. The zero-order valence-corrected chi connectivity index (χ0v) is 6.44. The van der Waals surface area contributed by atoms with Crippen molar-refractivity contribution in [1.29, 1.82) is 0 Å². The van der Waals surface area contributed by atoms with Gasteiger partial charge in [-0.1, -0.05) is 13.0 Å². The average Bonchev–Trinajstić information content (AvgIpc) is 1.94. The van der Waals surface area contributed by atoms with E-state index in [1.54, 1.807) is 0 Å². The van der Waals surface area contributed by atoms with Crippen LogP contribution in [0.2, 0.25) is 0 Å². The molecule has 0 aliphatic heterocycles. The highest BCUT2D eigenvalue weighted by molar-refractivity contribution is 5.41. The second-order valence-corrected chi connectivity index (χ2v) is 2.49. The van der Waals surface area contributed by atoms with E-state index in [9.17, 15) is 0 Å². The first-order valence-electron chi connectivity index (χ1n) is 3.55. The summed E-state index contributed by atoms with van der Waals surface area (Å²) in [5, 5.41) is 0. The van der Waals surface area contributed by atoms with E-state index in [0.29, 0.717) is 5.69 Å². The molecule has 0 aromatic heterocycles. The van der Waals surface area contributed by atoms with Gasteiger partial charge in [-0.3, -0.25) is 0 Å². The lowest BCUT2D eigenvalue weighted by molar-refractivity contribution is 1.11. The quantitative estimate of drug-likeness (QED) is 0.563. The molecule has 1 aromatic carbocycles. The van der Waals surface area contributed by atoms with Crippen LogP contribution in [0.25, 0.3) is 0 Å². The number of aryl methyl sites for hydroxylation is 2. The van der Waals surface area contributed by atoms with Gasteiger partial charge >= 0.3 is 0 Å². The molecular weight excluding hydrogens is 122 g/mol. The molecule has 0 heterocycles. The molecule has 1 radical (unpaired) electrons. The van der Waals surface area contributed by atoms with Crippen molar-refractivity contribution in [2.45, 2.75) is 20.3 Å². The van der Waals surface area contributed by atoms with Crippen molar-refractivity contribution in [3.05, 3.63) is 29.3 Å². The number of benzene rings is 1. The maximum atomic E-state index is 7.34. The van der Waals surface area contributed by atoms with E-state index >= 15 is 0 Å². The van der Waals surface area contributed by atoms with Gasteiger partial charge in [0.1, 0.15) is 0 Å². The summed E-state index contributed by atoms with van der Waals surface area (Å²) in [6, 6.07) is 5.75. The number of hydrogen-bond acceptors (Lipinski definition) is 0. The fourth-order valence-corrected chi connectivity index (χ4v) is 1.05. The maximum absolute atomic E-state index is 7.34. The first-order chi connectivity index (χ1) is 4.74. The Bertz CT molecular complexity index is 228. The third-order valence-corrected chi connectivity index (χ3v) is 1.73. The van der Waals surface area contributed by atoms with Gasteiger partial charge in [0, 0.05) is 0 Å². The van der Waals surface area contributed by atoms with E-state index in [-0.39, 0.29) is 0 Å². The van der Waals surface area contributed by atoms with E-state index in [1.165, 1.54) is 11.1 Å². The van der Waals surface area contributed by atoms with Crippen molar-refractivity contribution < 1.29 is 0 Å². The maximum Gasteiger partial charge on any atom is 0.0542 e. The first-order valence-corrected chi connectivity index (χ1v) is 3.55. The minimum Gasteiger partial charge on any atom is -0.301 e. The highest BCUT2D eigenvalue weighted by Gasteiger charge is 1.94. The van der Waals surface area contributed by atoms with Gasteiger partial charge in [-0.2, -0.15) is 0 Å². The van der Waals surface area contributed by atoms with Crippen molar-refractivity contribution in [2.75, 3.05) is 0 Å². The van der Waals surface area contributed by atoms with Gasteiger partial charge in [-0.25, -0.2) is 0 Å². The van der Waals surface area contributed by atoms with E-state index in [0.717, 1.165) is 6.42 Å². The molecular formula is C9H12N. The number of hydrogen-bond donors (Lipinski definition) is 0. The lowest BCUT2D eigenvalue weighted by Crippen LogP contribution is -1.85. The van der Waals surface area contributed by atoms with Gasteiger partial charge in [-0.15, -0.1) is 0 Å². The van der Waals surface area contributed by atoms with Crippen LogP contribution in [0.15, 0.2) is 18.2 Å². The molecule has 1 heteroatoms. The second-order valence-electron chi connectivity index (χ2n) is 2.49. The molecule has 0 unspecified atom stereocenters. The Morgan fingerprint density at radius 1 is 1.40 bits per heavy atom. The van der Waals surface area contributed by atoms with Crippen LogP contribution in [0.4, 0.5) is 5.69 Å². The van der Waals surface area contributed by atoms with Gasteiger partial charge in [-0.05, 0) is 36.6 Å². The van der Waals surface area contributed by atoms with Gasteiger partial charge < -0.3 is 5.73 Å². The van der Waals surface area contributed by atoms with Crippen LogP contribution in [0.1, 0.15) is 18.1 Å². The van der Waals surface area contributed by atoms with Gasteiger partial charge in [0.15, 0.2) is 0 Å². The van der Waals surface area contributed by atoms with Crippen LogP contribution in [-0.4, -0.2) is 0 Å². The first kappa shape index (κ1) is 7.13. The molecule has 1 nitrogen and oxygen atoms in total. The summed E-state index contributed by atoms with van der Waals surface area (Å²) in [7, 11) is 0. The predicted molar refractivity (Wildman–Crippen MR) is 43.3 cm³/mol. The summed E-state index contributed by atoms with van der Waals surface area (Å²) < 4.78 is 0. The Morgan fingerprint density at radius 2 is 2.10 bits per heavy atom. The Labute approximate surface area is 61.9 Å². The molecule has 0 amide bonds. The Hall–Kier alpha value is -0.980. The van der Waals surface area contributed by atoms with E-state index in [2.05, 4.69) is 13.8 Å². The summed E-state index contributed by atoms with van der Waals surface area (Å²) >= 11 is 0. The van der Waals surface area contributed by atoms with Crippen molar-refractivity contribution in [2.24, 2.45) is 0 Å². The molecule has 0 saturated carbocycles. The van der Waals surface area contributed by atoms with Crippen LogP contribution < -0.4 is 5.73 Å². The van der Waals surface area contributed by atoms with Crippen LogP contribution in [0.5, 0.6) is 0 Å². The minimum absolute atomic E-state index is 0.613. The van der Waals surface area contributed by atoms with Crippen molar-refractivity contribution in [1.82, 2.24) is 5.73 Å². The third-order valence-electron chi connectivity index (χ3n) is 1.73. The van der Waals surface area contributed by atoms with Crippen molar-refractivity contribution in [3.8, 4) is 0 Å². The van der Waals surface area contributed by atoms with Gasteiger partial charge in [0.2, 0.25) is 0 Å². The monoisotopic (exact) mass is 134 g/mol. The highest BCUT2D eigenvalue weighted by Crippen LogP contribution is 2.13. The van der Waals surface area contributed by atoms with Gasteiger partial charge in [0.25, 0.3) is 0 Å². The Balaban J connectivity index is 3.09. The molecule has 1 aromatic rings. The van der Waals surface area contributed by atoms with E-state index in [4.69, 9.17) is 5.73 Å². The molecule has 1 rings (SSSR count). The van der Waals surface area contributed by atoms with E-state index < -0.39 is 0 Å². The highest BCUT2D eigenvalue weighted by atomic mass is 14.5. The van der Waals surface area contributed by atoms with Gasteiger partial charge in [0.05, 0.1) is 5.69 Å². The summed E-state index contributed by atoms with van der Waals surface area (Å²) in [6.45, 7) is 4.19. The zero-order valence-electron chi connectivity index (χ0n) is 6.44. The summed E-state index contributed by atoms with van der Waals surface area (Å²) in [4.78, 5) is 0. The minimum atomic E-state index is 0.613. The molecule has 0 saturated heterocycles. The van der Waals surface area contributed by atoms with Crippen LogP contribution in [-0.2, 0) is 6.42 Å². The number of rotatable bonds is 1. The van der Waals surface area contributed by atoms with Crippen molar-refractivity contribution >= 4 is 5.69 Å². The molecule has 10 heavy (non-hydrogen) atoms. The topological polar surface area (TPSA) is 23.8 Å². The summed E-state index contributed by atoms with van der Waals surface area (Å²) in [6.07, 6.45) is 1.03. The fourth-order valence-electron chi connectivity index (χ4n) is 1.05. The van der Waals surface area contributed by atoms with Crippen molar-refractivity contribution in [3.63, 3.8) is 0 Å². The molecule has 0 spiro atoms. The standard InChI is InChI=1S/C9H12N/c1-3-8-6-9(10)5-4-7(8)2/h4-6,10H,3H2,1-2H3. The lowest BCUT2D eigenvalue weighted by atomic mass is 10.1. The fraction of sp³-hybridized carbons (Fsp3) is 0.333.